The topological polar surface area (TPSA) is 54.0 Å². The second-order valence-corrected chi connectivity index (χ2v) is 7.93. The van der Waals surface area contributed by atoms with Crippen LogP contribution < -0.4 is 5.32 Å². The lowest BCUT2D eigenvalue weighted by Gasteiger charge is -2.34. The van der Waals surface area contributed by atoms with E-state index in [4.69, 9.17) is 9.47 Å². The average Bonchev–Trinajstić information content (AvgIpc) is 2.80. The van der Waals surface area contributed by atoms with Crippen LogP contribution in [0.2, 0.25) is 0 Å². The SMILES string of the molecule is CCOCCOC(C)C(=O)Nc1ccc(CN2CCN(Cc3ccccc3)CC2)cc1. The number of nitrogens with one attached hydrogen (secondary N) is 1. The lowest BCUT2D eigenvalue weighted by atomic mass is 10.1. The van der Waals surface area contributed by atoms with E-state index in [9.17, 15) is 4.79 Å². The Bertz CT molecular complexity index is 774. The summed E-state index contributed by atoms with van der Waals surface area (Å²) in [6, 6.07) is 18.8. The lowest BCUT2D eigenvalue weighted by Crippen LogP contribution is -2.45. The molecule has 1 unspecified atom stereocenters. The highest BCUT2D eigenvalue weighted by Crippen LogP contribution is 2.15. The number of ether oxygens (including phenoxy) is 2. The largest absolute Gasteiger partial charge is 0.379 e. The minimum absolute atomic E-state index is 0.140. The van der Waals surface area contributed by atoms with Crippen molar-refractivity contribution >= 4 is 11.6 Å². The molecule has 0 aliphatic carbocycles. The molecule has 1 aliphatic rings. The minimum Gasteiger partial charge on any atom is -0.379 e. The maximum Gasteiger partial charge on any atom is 0.253 e. The van der Waals surface area contributed by atoms with Crippen LogP contribution in [-0.4, -0.2) is 67.8 Å². The molecule has 6 heteroatoms. The van der Waals surface area contributed by atoms with Crippen molar-refractivity contribution in [3.8, 4) is 0 Å². The molecule has 6 nitrogen and oxygen atoms in total. The van der Waals surface area contributed by atoms with E-state index < -0.39 is 6.10 Å². The predicted molar refractivity (Wildman–Crippen MR) is 124 cm³/mol. The van der Waals surface area contributed by atoms with Gasteiger partial charge in [0.25, 0.3) is 5.91 Å². The number of amides is 1. The zero-order valence-corrected chi connectivity index (χ0v) is 18.8. The third-order valence-electron chi connectivity index (χ3n) is 5.51. The highest BCUT2D eigenvalue weighted by molar-refractivity contribution is 5.93. The quantitative estimate of drug-likeness (QED) is 0.560. The molecule has 0 radical (unpaired) electrons. The molecule has 31 heavy (non-hydrogen) atoms. The maximum atomic E-state index is 12.2. The number of hydrogen-bond donors (Lipinski definition) is 1. The van der Waals surface area contributed by atoms with E-state index in [1.807, 2.05) is 19.1 Å². The molecule has 2 aromatic rings. The first-order chi connectivity index (χ1) is 15.1. The van der Waals surface area contributed by atoms with E-state index in [-0.39, 0.29) is 5.91 Å². The third-order valence-corrected chi connectivity index (χ3v) is 5.51. The average molecular weight is 426 g/mol. The van der Waals surface area contributed by atoms with Crippen molar-refractivity contribution in [2.24, 2.45) is 0 Å². The Morgan fingerprint density at radius 3 is 2.06 bits per heavy atom. The fourth-order valence-corrected chi connectivity index (χ4v) is 3.65. The zero-order valence-electron chi connectivity index (χ0n) is 18.8. The number of piperazine rings is 1. The summed E-state index contributed by atoms with van der Waals surface area (Å²) in [6.07, 6.45) is -0.507. The zero-order chi connectivity index (χ0) is 21.9. The monoisotopic (exact) mass is 425 g/mol. The van der Waals surface area contributed by atoms with E-state index in [2.05, 4.69) is 57.6 Å². The van der Waals surface area contributed by atoms with Crippen molar-refractivity contribution < 1.29 is 14.3 Å². The van der Waals surface area contributed by atoms with Crippen molar-refractivity contribution in [1.29, 1.82) is 0 Å². The van der Waals surface area contributed by atoms with Gasteiger partial charge in [-0.25, -0.2) is 0 Å². The lowest BCUT2D eigenvalue weighted by molar-refractivity contribution is -0.127. The molecule has 3 rings (SSSR count). The summed E-state index contributed by atoms with van der Waals surface area (Å²) in [7, 11) is 0. The number of anilines is 1. The predicted octanol–water partition coefficient (Wildman–Crippen LogP) is 3.38. The summed E-state index contributed by atoms with van der Waals surface area (Å²) in [6.45, 7) is 11.5. The van der Waals surface area contributed by atoms with Gasteiger partial charge in [-0.15, -0.1) is 0 Å². The van der Waals surface area contributed by atoms with E-state index in [0.29, 0.717) is 19.8 Å². The summed E-state index contributed by atoms with van der Waals surface area (Å²) in [5.74, 6) is -0.140. The molecular formula is C25H35N3O3. The van der Waals surface area contributed by atoms with Gasteiger partial charge in [-0.3, -0.25) is 14.6 Å². The van der Waals surface area contributed by atoms with Gasteiger partial charge in [-0.2, -0.15) is 0 Å². The first kappa shape index (κ1) is 23.4. The van der Waals surface area contributed by atoms with Crippen LogP contribution in [0.3, 0.4) is 0 Å². The van der Waals surface area contributed by atoms with Crippen LogP contribution in [0, 0.1) is 0 Å². The van der Waals surface area contributed by atoms with Gasteiger partial charge in [-0.1, -0.05) is 42.5 Å². The summed E-state index contributed by atoms with van der Waals surface area (Å²) in [4.78, 5) is 17.3. The fourth-order valence-electron chi connectivity index (χ4n) is 3.65. The fraction of sp³-hybridized carbons (Fsp3) is 0.480. The summed E-state index contributed by atoms with van der Waals surface area (Å²) >= 11 is 0. The van der Waals surface area contributed by atoms with Gasteiger partial charge in [0.05, 0.1) is 13.2 Å². The van der Waals surface area contributed by atoms with Crippen LogP contribution >= 0.6 is 0 Å². The van der Waals surface area contributed by atoms with Crippen molar-refractivity contribution in [2.75, 3.05) is 51.3 Å². The Kier molecular flexibility index (Phi) is 9.49. The second-order valence-electron chi connectivity index (χ2n) is 7.93. The van der Waals surface area contributed by atoms with Crippen LogP contribution in [0.5, 0.6) is 0 Å². The number of benzene rings is 2. The van der Waals surface area contributed by atoms with Crippen LogP contribution in [0.15, 0.2) is 54.6 Å². The van der Waals surface area contributed by atoms with Gasteiger partial charge in [0.1, 0.15) is 6.10 Å². The van der Waals surface area contributed by atoms with Gasteiger partial charge < -0.3 is 14.8 Å². The highest BCUT2D eigenvalue weighted by atomic mass is 16.5. The molecule has 1 amide bonds. The molecule has 1 N–H and O–H groups in total. The van der Waals surface area contributed by atoms with Crippen LogP contribution in [0.4, 0.5) is 5.69 Å². The number of carbonyl (C=O) groups excluding carboxylic acids is 1. The molecule has 2 aromatic carbocycles. The van der Waals surface area contributed by atoms with E-state index in [1.165, 1.54) is 11.1 Å². The molecule has 0 bridgehead atoms. The van der Waals surface area contributed by atoms with Crippen LogP contribution in [0.25, 0.3) is 0 Å². The second kappa shape index (κ2) is 12.6. The summed E-state index contributed by atoms with van der Waals surface area (Å²) in [5, 5.41) is 2.92. The number of hydrogen-bond acceptors (Lipinski definition) is 5. The minimum atomic E-state index is -0.507. The smallest absolute Gasteiger partial charge is 0.253 e. The van der Waals surface area contributed by atoms with Crippen molar-refractivity contribution in [3.63, 3.8) is 0 Å². The molecule has 1 fully saturated rings. The van der Waals surface area contributed by atoms with E-state index >= 15 is 0 Å². The van der Waals surface area contributed by atoms with Gasteiger partial charge in [0.15, 0.2) is 0 Å². The molecule has 0 aromatic heterocycles. The Labute approximate surface area is 186 Å². The Morgan fingerprint density at radius 2 is 1.48 bits per heavy atom. The summed E-state index contributed by atoms with van der Waals surface area (Å²) < 4.78 is 10.7. The molecule has 168 valence electrons. The van der Waals surface area contributed by atoms with Gasteiger partial charge in [0.2, 0.25) is 0 Å². The summed E-state index contributed by atoms with van der Waals surface area (Å²) in [5.41, 5.74) is 3.43. The Balaban J connectivity index is 1.38. The maximum absolute atomic E-state index is 12.2. The van der Waals surface area contributed by atoms with Crippen molar-refractivity contribution in [2.45, 2.75) is 33.0 Å². The van der Waals surface area contributed by atoms with Crippen LogP contribution in [-0.2, 0) is 27.4 Å². The van der Waals surface area contributed by atoms with E-state index in [0.717, 1.165) is 45.0 Å². The highest BCUT2D eigenvalue weighted by Gasteiger charge is 2.17. The molecule has 1 saturated heterocycles. The number of carbonyl (C=O) groups is 1. The molecule has 1 atom stereocenters. The van der Waals surface area contributed by atoms with Gasteiger partial charge >= 0.3 is 0 Å². The molecule has 0 spiro atoms. The first-order valence-corrected chi connectivity index (χ1v) is 11.2. The van der Waals surface area contributed by atoms with Crippen molar-refractivity contribution in [1.82, 2.24) is 9.80 Å². The molecule has 1 heterocycles. The third kappa shape index (κ3) is 8.07. The number of rotatable bonds is 11. The Morgan fingerprint density at radius 1 is 0.903 bits per heavy atom. The first-order valence-electron chi connectivity index (χ1n) is 11.2. The number of nitrogens with zero attached hydrogens (tertiary/aromatic N) is 2. The van der Waals surface area contributed by atoms with Gasteiger partial charge in [0, 0.05) is 51.6 Å². The normalized spacial score (nSPS) is 16.2. The molecule has 0 saturated carbocycles. The standard InChI is InChI=1S/C25H35N3O3/c1-3-30-17-18-31-21(2)25(29)26-24-11-9-23(10-12-24)20-28-15-13-27(14-16-28)19-22-7-5-4-6-8-22/h4-12,21H,3,13-20H2,1-2H3,(H,26,29). The molecular weight excluding hydrogens is 390 g/mol. The van der Waals surface area contributed by atoms with E-state index in [1.54, 1.807) is 6.92 Å². The van der Waals surface area contributed by atoms with Crippen LogP contribution in [0.1, 0.15) is 25.0 Å². The Hall–Kier alpha value is -2.25. The van der Waals surface area contributed by atoms with Crippen molar-refractivity contribution in [3.05, 3.63) is 65.7 Å². The molecule has 1 aliphatic heterocycles. The van der Waals surface area contributed by atoms with Gasteiger partial charge in [-0.05, 0) is 37.1 Å².